The molecule has 0 saturated carbocycles. The van der Waals surface area contributed by atoms with Gasteiger partial charge in [0.05, 0.1) is 17.9 Å². The van der Waals surface area contributed by atoms with E-state index >= 15 is 0 Å². The molecule has 2 aromatic rings. The van der Waals surface area contributed by atoms with Crippen molar-refractivity contribution in [2.45, 2.75) is 33.6 Å². The molecule has 0 amide bonds. The molecule has 0 atom stereocenters. The first-order valence-corrected chi connectivity index (χ1v) is 11.3. The van der Waals surface area contributed by atoms with Crippen molar-refractivity contribution in [1.29, 1.82) is 0 Å². The molecule has 0 aliphatic carbocycles. The Hall–Kier alpha value is -3.32. The summed E-state index contributed by atoms with van der Waals surface area (Å²) in [6.45, 7) is 9.90. The number of nitrogen functional groups attached to an aromatic ring is 1. The fraction of sp³-hybridized carbons (Fsp3) is 0.385. The Morgan fingerprint density at radius 2 is 1.73 bits per heavy atom. The lowest BCUT2D eigenvalue weighted by molar-refractivity contribution is -0.131. The Balaban J connectivity index is 0.000000412. The number of likely N-dealkylation sites (N-methyl/N-ethyl adjacent to an activating group) is 1. The monoisotopic (exact) mass is 456 g/mol. The number of hydrogen-bond acceptors (Lipinski definition) is 6. The maximum absolute atomic E-state index is 12.1. The third-order valence-corrected chi connectivity index (χ3v) is 4.76. The Labute approximate surface area is 196 Å². The molecular weight excluding hydrogens is 420 g/mol. The molecule has 0 unspecified atom stereocenters. The van der Waals surface area contributed by atoms with Crippen LogP contribution in [0.1, 0.15) is 49.5 Å². The van der Waals surface area contributed by atoms with Gasteiger partial charge in [-0.2, -0.15) is 0 Å². The van der Waals surface area contributed by atoms with E-state index in [-0.39, 0.29) is 5.97 Å². The summed E-state index contributed by atoms with van der Waals surface area (Å²) in [4.78, 5) is 24.3. The van der Waals surface area contributed by atoms with Crippen LogP contribution in [0, 0.1) is 0 Å². The summed E-state index contributed by atoms with van der Waals surface area (Å²) < 4.78 is 10.9. The molecule has 3 N–H and O–H groups in total. The number of rotatable bonds is 12. The van der Waals surface area contributed by atoms with E-state index in [9.17, 15) is 9.59 Å². The number of unbranched alkanes of at least 4 members (excludes halogenated alkanes) is 1. The number of anilines is 1. The third-order valence-electron chi connectivity index (χ3n) is 4.76. The first kappa shape index (κ1) is 27.7. The van der Waals surface area contributed by atoms with E-state index in [4.69, 9.17) is 20.3 Å². The van der Waals surface area contributed by atoms with Crippen LogP contribution in [0.5, 0.6) is 5.75 Å². The maximum Gasteiger partial charge on any atom is 0.338 e. The summed E-state index contributed by atoms with van der Waals surface area (Å²) >= 11 is 0. The van der Waals surface area contributed by atoms with Gasteiger partial charge in [-0.1, -0.05) is 57.5 Å². The second kappa shape index (κ2) is 16.3. The molecular formula is C26H36N2O5. The molecule has 0 saturated heterocycles. The topological polar surface area (TPSA) is 102 Å². The Kier molecular flexibility index (Phi) is 13.7. The van der Waals surface area contributed by atoms with Gasteiger partial charge in [-0.15, -0.1) is 0 Å². The number of carboxylic acids is 1. The molecule has 2 aromatic carbocycles. The Morgan fingerprint density at radius 3 is 2.33 bits per heavy atom. The van der Waals surface area contributed by atoms with Crippen LogP contribution in [0.25, 0.3) is 6.08 Å². The summed E-state index contributed by atoms with van der Waals surface area (Å²) in [6.07, 6.45) is 4.68. The van der Waals surface area contributed by atoms with Gasteiger partial charge in [0.25, 0.3) is 0 Å². The SMILES string of the molecule is CCCCOc1cc(C(=O)OCCN(CC)CC)ccc1N.O=C(O)C=Cc1ccccc1. The van der Waals surface area contributed by atoms with Crippen molar-refractivity contribution in [2.75, 3.05) is 38.6 Å². The molecule has 0 bridgehead atoms. The van der Waals surface area contributed by atoms with E-state index in [2.05, 4.69) is 25.7 Å². The van der Waals surface area contributed by atoms with Crippen molar-refractivity contribution >= 4 is 23.7 Å². The number of nitrogens with two attached hydrogens (primary N) is 1. The van der Waals surface area contributed by atoms with E-state index in [0.717, 1.165) is 44.1 Å². The summed E-state index contributed by atoms with van der Waals surface area (Å²) in [5, 5.41) is 8.29. The number of ether oxygens (including phenoxy) is 2. The summed E-state index contributed by atoms with van der Waals surface area (Å²) in [7, 11) is 0. The largest absolute Gasteiger partial charge is 0.491 e. The van der Waals surface area contributed by atoms with Gasteiger partial charge in [-0.25, -0.2) is 9.59 Å². The van der Waals surface area contributed by atoms with Crippen molar-refractivity contribution in [3.8, 4) is 5.75 Å². The van der Waals surface area contributed by atoms with Crippen LogP contribution in [0.15, 0.2) is 54.6 Å². The lowest BCUT2D eigenvalue weighted by atomic mass is 10.2. The van der Waals surface area contributed by atoms with Gasteiger partial charge in [-0.3, -0.25) is 0 Å². The molecule has 33 heavy (non-hydrogen) atoms. The summed E-state index contributed by atoms with van der Waals surface area (Å²) in [5.74, 6) is -0.715. The van der Waals surface area contributed by atoms with Crippen LogP contribution < -0.4 is 10.5 Å². The number of carbonyl (C=O) groups excluding carboxylic acids is 1. The second-order valence-electron chi connectivity index (χ2n) is 7.20. The van der Waals surface area contributed by atoms with Crippen LogP contribution in [-0.4, -0.2) is 54.8 Å². The van der Waals surface area contributed by atoms with Gasteiger partial charge in [0.2, 0.25) is 0 Å². The maximum atomic E-state index is 12.1. The molecule has 180 valence electrons. The molecule has 0 heterocycles. The quantitative estimate of drug-likeness (QED) is 0.206. The van der Waals surface area contributed by atoms with E-state index in [0.29, 0.717) is 30.2 Å². The Morgan fingerprint density at radius 1 is 1.03 bits per heavy atom. The number of nitrogens with zero attached hydrogens (tertiary/aromatic N) is 1. The zero-order valence-corrected chi connectivity index (χ0v) is 19.8. The highest BCUT2D eigenvalue weighted by atomic mass is 16.5. The van der Waals surface area contributed by atoms with Crippen molar-refractivity contribution in [2.24, 2.45) is 0 Å². The molecule has 7 nitrogen and oxygen atoms in total. The molecule has 2 rings (SSSR count). The minimum Gasteiger partial charge on any atom is -0.491 e. The smallest absolute Gasteiger partial charge is 0.338 e. The lowest BCUT2D eigenvalue weighted by Gasteiger charge is -2.17. The molecule has 7 heteroatoms. The lowest BCUT2D eigenvalue weighted by Crippen LogP contribution is -2.27. The predicted molar refractivity (Wildman–Crippen MR) is 132 cm³/mol. The summed E-state index contributed by atoms with van der Waals surface area (Å²) in [5.41, 5.74) is 7.77. The number of carboxylic acid groups (broad SMARTS) is 1. The number of aliphatic carboxylic acids is 1. The third kappa shape index (κ3) is 11.8. The highest BCUT2D eigenvalue weighted by molar-refractivity contribution is 5.90. The van der Waals surface area contributed by atoms with Gasteiger partial charge in [0, 0.05) is 12.6 Å². The molecule has 0 fully saturated rings. The van der Waals surface area contributed by atoms with Crippen molar-refractivity contribution in [3.63, 3.8) is 0 Å². The number of esters is 1. The molecule has 0 radical (unpaired) electrons. The van der Waals surface area contributed by atoms with Crippen LogP contribution in [0.2, 0.25) is 0 Å². The van der Waals surface area contributed by atoms with Crippen LogP contribution in [0.3, 0.4) is 0 Å². The van der Waals surface area contributed by atoms with E-state index < -0.39 is 5.97 Å². The zero-order valence-electron chi connectivity index (χ0n) is 19.8. The first-order valence-electron chi connectivity index (χ1n) is 11.3. The molecule has 0 aromatic heterocycles. The Bertz CT molecular complexity index is 864. The van der Waals surface area contributed by atoms with Gasteiger partial charge in [0.1, 0.15) is 12.4 Å². The highest BCUT2D eigenvalue weighted by Crippen LogP contribution is 2.23. The van der Waals surface area contributed by atoms with E-state index in [1.54, 1.807) is 24.3 Å². The minimum atomic E-state index is -0.922. The van der Waals surface area contributed by atoms with Gasteiger partial charge >= 0.3 is 11.9 Å². The number of benzene rings is 2. The number of carbonyl (C=O) groups is 2. The standard InChI is InChI=1S/C17H28N2O3.C9H8O2/c1-4-7-11-21-16-13-14(8-9-15(16)18)17(20)22-12-10-19(5-2)6-3;10-9(11)7-6-8-4-2-1-3-5-8/h8-9,13H,4-7,10-12,18H2,1-3H3;1-7H,(H,10,11). The fourth-order valence-corrected chi connectivity index (χ4v) is 2.74. The average Bonchev–Trinajstić information content (AvgIpc) is 2.83. The van der Waals surface area contributed by atoms with Crippen LogP contribution in [0.4, 0.5) is 5.69 Å². The van der Waals surface area contributed by atoms with E-state index in [1.165, 1.54) is 0 Å². The predicted octanol–water partition coefficient (Wildman–Crippen LogP) is 4.73. The van der Waals surface area contributed by atoms with Gasteiger partial charge < -0.3 is 25.2 Å². The zero-order chi connectivity index (χ0) is 24.5. The average molecular weight is 457 g/mol. The second-order valence-corrected chi connectivity index (χ2v) is 7.20. The molecule has 0 aliphatic heterocycles. The van der Waals surface area contributed by atoms with Crippen molar-refractivity contribution < 1.29 is 24.2 Å². The molecule has 0 aliphatic rings. The normalized spacial score (nSPS) is 10.5. The van der Waals surface area contributed by atoms with E-state index in [1.807, 2.05) is 30.3 Å². The summed E-state index contributed by atoms with van der Waals surface area (Å²) in [6, 6.07) is 14.3. The van der Waals surface area contributed by atoms with Gasteiger partial charge in [-0.05, 0) is 49.3 Å². The van der Waals surface area contributed by atoms with Crippen molar-refractivity contribution in [3.05, 3.63) is 65.7 Å². The first-order chi connectivity index (χ1) is 15.9. The fourth-order valence-electron chi connectivity index (χ4n) is 2.74. The van der Waals surface area contributed by atoms with Crippen LogP contribution in [-0.2, 0) is 9.53 Å². The number of hydrogen-bond donors (Lipinski definition) is 2. The van der Waals surface area contributed by atoms with Crippen molar-refractivity contribution in [1.82, 2.24) is 4.90 Å². The van der Waals surface area contributed by atoms with Crippen LogP contribution >= 0.6 is 0 Å². The highest BCUT2D eigenvalue weighted by Gasteiger charge is 2.11. The minimum absolute atomic E-state index is 0.340. The molecule has 0 spiro atoms. The van der Waals surface area contributed by atoms with Gasteiger partial charge in [0.15, 0.2) is 0 Å².